The molecule has 0 amide bonds. The minimum Gasteiger partial charge on any atom is -0.395 e. The van der Waals surface area contributed by atoms with Crippen LogP contribution in [0.4, 0.5) is 0 Å². The van der Waals surface area contributed by atoms with Gasteiger partial charge in [0.15, 0.2) is 0 Å². The summed E-state index contributed by atoms with van der Waals surface area (Å²) < 4.78 is 0. The van der Waals surface area contributed by atoms with Crippen LogP contribution in [-0.2, 0) is 12.0 Å². The molecule has 1 heterocycles. The summed E-state index contributed by atoms with van der Waals surface area (Å²) in [6, 6.07) is 0.162. The molecule has 0 bridgehead atoms. The van der Waals surface area contributed by atoms with E-state index in [2.05, 4.69) is 44.9 Å². The molecule has 2 N–H and O–H groups in total. The van der Waals surface area contributed by atoms with Gasteiger partial charge in [0.1, 0.15) is 0 Å². The van der Waals surface area contributed by atoms with Gasteiger partial charge in [-0.15, -0.1) is 11.3 Å². The molecule has 0 fully saturated rings. The van der Waals surface area contributed by atoms with Crippen molar-refractivity contribution in [3.8, 4) is 0 Å². The van der Waals surface area contributed by atoms with Crippen LogP contribution in [0.3, 0.4) is 0 Å². The van der Waals surface area contributed by atoms with E-state index in [0.29, 0.717) is 5.92 Å². The minimum atomic E-state index is 0.122. The third kappa shape index (κ3) is 4.37. The third-order valence-electron chi connectivity index (χ3n) is 2.74. The topological polar surface area (TPSA) is 45.1 Å². The predicted octanol–water partition coefficient (Wildman–Crippen LogP) is 2.55. The van der Waals surface area contributed by atoms with Gasteiger partial charge in [-0.2, -0.15) is 0 Å². The number of rotatable bonds is 5. The van der Waals surface area contributed by atoms with Gasteiger partial charge in [0.2, 0.25) is 0 Å². The summed E-state index contributed by atoms with van der Waals surface area (Å²) >= 11 is 1.75. The summed E-state index contributed by atoms with van der Waals surface area (Å²) in [5.41, 5.74) is 0.122. The highest BCUT2D eigenvalue weighted by Crippen LogP contribution is 2.26. The molecule has 0 aliphatic rings. The van der Waals surface area contributed by atoms with Crippen LogP contribution in [0.5, 0.6) is 0 Å². The molecule has 17 heavy (non-hydrogen) atoms. The lowest BCUT2D eigenvalue weighted by Crippen LogP contribution is -2.36. The molecule has 0 aromatic carbocycles. The number of hydrogen-bond donors (Lipinski definition) is 2. The first kappa shape index (κ1) is 14.6. The Morgan fingerprint density at radius 3 is 2.47 bits per heavy atom. The predicted molar refractivity (Wildman–Crippen MR) is 73.4 cm³/mol. The second kappa shape index (κ2) is 5.94. The number of thiazole rings is 1. The zero-order valence-electron chi connectivity index (χ0n) is 11.4. The van der Waals surface area contributed by atoms with Crippen LogP contribution in [0.1, 0.15) is 44.5 Å². The van der Waals surface area contributed by atoms with Crippen molar-refractivity contribution in [3.63, 3.8) is 0 Å². The molecule has 1 rings (SSSR count). The molecule has 0 aliphatic heterocycles. The smallest absolute Gasteiger partial charge is 0.0981 e. The van der Waals surface area contributed by atoms with Gasteiger partial charge in [0.05, 0.1) is 11.6 Å². The Balaban J connectivity index is 2.56. The lowest BCUT2D eigenvalue weighted by Gasteiger charge is -2.19. The first-order valence-corrected chi connectivity index (χ1v) is 6.95. The molecule has 0 saturated heterocycles. The van der Waals surface area contributed by atoms with Crippen molar-refractivity contribution in [3.05, 3.63) is 16.1 Å². The van der Waals surface area contributed by atoms with Gasteiger partial charge in [0, 0.05) is 29.1 Å². The highest BCUT2D eigenvalue weighted by atomic mass is 32.1. The van der Waals surface area contributed by atoms with Crippen molar-refractivity contribution >= 4 is 11.3 Å². The highest BCUT2D eigenvalue weighted by molar-refractivity contribution is 7.11. The number of hydrogen-bond acceptors (Lipinski definition) is 4. The van der Waals surface area contributed by atoms with Gasteiger partial charge < -0.3 is 10.4 Å². The maximum absolute atomic E-state index is 9.23. The molecule has 1 atom stereocenters. The lowest BCUT2D eigenvalue weighted by atomic mass is 9.98. The van der Waals surface area contributed by atoms with E-state index in [1.54, 1.807) is 11.3 Å². The first-order valence-electron chi connectivity index (χ1n) is 6.14. The van der Waals surface area contributed by atoms with E-state index in [-0.39, 0.29) is 18.1 Å². The monoisotopic (exact) mass is 256 g/mol. The first-order chi connectivity index (χ1) is 7.84. The van der Waals surface area contributed by atoms with Crippen molar-refractivity contribution in [1.82, 2.24) is 10.3 Å². The molecule has 1 aromatic rings. The molecule has 0 aliphatic carbocycles. The average Bonchev–Trinajstić information content (AvgIpc) is 2.66. The number of nitrogens with zero attached hydrogens (tertiary/aromatic N) is 1. The summed E-state index contributed by atoms with van der Waals surface area (Å²) in [7, 11) is 0. The summed E-state index contributed by atoms with van der Waals surface area (Å²) in [4.78, 5) is 5.68. The second-order valence-electron chi connectivity index (χ2n) is 5.80. The quantitative estimate of drug-likeness (QED) is 0.851. The zero-order chi connectivity index (χ0) is 13.1. The Bertz CT molecular complexity index is 341. The van der Waals surface area contributed by atoms with Crippen molar-refractivity contribution < 1.29 is 5.11 Å². The molecule has 1 aromatic heterocycles. The SMILES string of the molecule is CC(C)[C@@H](CO)NCc1cnc(C(C)(C)C)s1. The Morgan fingerprint density at radius 1 is 1.41 bits per heavy atom. The highest BCUT2D eigenvalue weighted by Gasteiger charge is 2.18. The minimum absolute atomic E-state index is 0.122. The van der Waals surface area contributed by atoms with Crippen LogP contribution in [-0.4, -0.2) is 22.7 Å². The van der Waals surface area contributed by atoms with Gasteiger partial charge in [-0.3, -0.25) is 0 Å². The zero-order valence-corrected chi connectivity index (χ0v) is 12.3. The Labute approximate surface area is 108 Å². The number of aliphatic hydroxyl groups excluding tert-OH is 1. The maximum atomic E-state index is 9.23. The standard InChI is InChI=1S/C13H24N2OS/c1-9(2)11(8-16)14-6-10-7-15-12(17-10)13(3,4)5/h7,9,11,14,16H,6,8H2,1-5H3/t11-/m1/s1. The maximum Gasteiger partial charge on any atom is 0.0981 e. The molecule has 0 saturated carbocycles. The van der Waals surface area contributed by atoms with Crippen LogP contribution in [0.2, 0.25) is 0 Å². The Kier molecular flexibility index (Phi) is 5.10. The molecular weight excluding hydrogens is 232 g/mol. The van der Waals surface area contributed by atoms with Crippen LogP contribution in [0.25, 0.3) is 0 Å². The van der Waals surface area contributed by atoms with Crippen molar-refractivity contribution in [2.75, 3.05) is 6.61 Å². The molecule has 4 heteroatoms. The van der Waals surface area contributed by atoms with E-state index < -0.39 is 0 Å². The van der Waals surface area contributed by atoms with Gasteiger partial charge in [-0.1, -0.05) is 34.6 Å². The third-order valence-corrected chi connectivity index (χ3v) is 4.16. The fourth-order valence-corrected chi connectivity index (χ4v) is 2.40. The molecule has 0 radical (unpaired) electrons. The van der Waals surface area contributed by atoms with E-state index in [9.17, 15) is 5.11 Å². The van der Waals surface area contributed by atoms with E-state index in [1.165, 1.54) is 9.88 Å². The molecular formula is C13H24N2OS. The van der Waals surface area contributed by atoms with Crippen molar-refractivity contribution in [2.45, 2.75) is 52.6 Å². The number of nitrogens with one attached hydrogen (secondary N) is 1. The Hall–Kier alpha value is -0.450. The summed E-state index contributed by atoms with van der Waals surface area (Å²) in [6.45, 7) is 11.7. The summed E-state index contributed by atoms with van der Waals surface area (Å²) in [5.74, 6) is 0.440. The second-order valence-corrected chi connectivity index (χ2v) is 6.91. The molecule has 0 spiro atoms. The normalized spacial score (nSPS) is 14.3. The largest absolute Gasteiger partial charge is 0.395 e. The van der Waals surface area contributed by atoms with Crippen LogP contribution in [0.15, 0.2) is 6.20 Å². The van der Waals surface area contributed by atoms with E-state index >= 15 is 0 Å². The van der Waals surface area contributed by atoms with E-state index in [4.69, 9.17) is 0 Å². The van der Waals surface area contributed by atoms with E-state index in [1.807, 2.05) is 6.20 Å². The average molecular weight is 256 g/mol. The Morgan fingerprint density at radius 2 is 2.06 bits per heavy atom. The molecule has 98 valence electrons. The molecule has 0 unspecified atom stereocenters. The van der Waals surface area contributed by atoms with Gasteiger partial charge in [-0.25, -0.2) is 4.98 Å². The van der Waals surface area contributed by atoms with Crippen LogP contribution in [0, 0.1) is 5.92 Å². The van der Waals surface area contributed by atoms with Gasteiger partial charge in [0.25, 0.3) is 0 Å². The van der Waals surface area contributed by atoms with Crippen molar-refractivity contribution in [2.24, 2.45) is 5.92 Å². The van der Waals surface area contributed by atoms with Gasteiger partial charge >= 0.3 is 0 Å². The van der Waals surface area contributed by atoms with Crippen LogP contribution >= 0.6 is 11.3 Å². The van der Waals surface area contributed by atoms with Gasteiger partial charge in [-0.05, 0) is 5.92 Å². The summed E-state index contributed by atoms with van der Waals surface area (Å²) in [6.07, 6.45) is 1.94. The van der Waals surface area contributed by atoms with E-state index in [0.717, 1.165) is 6.54 Å². The fraction of sp³-hybridized carbons (Fsp3) is 0.769. The number of aromatic nitrogens is 1. The van der Waals surface area contributed by atoms with Crippen molar-refractivity contribution in [1.29, 1.82) is 0 Å². The summed E-state index contributed by atoms with van der Waals surface area (Å²) in [5, 5.41) is 13.8. The fourth-order valence-electron chi connectivity index (χ4n) is 1.48. The lowest BCUT2D eigenvalue weighted by molar-refractivity contribution is 0.210. The van der Waals surface area contributed by atoms with Crippen LogP contribution < -0.4 is 5.32 Å². The number of aliphatic hydroxyl groups is 1. The molecule has 3 nitrogen and oxygen atoms in total.